The molecule has 0 amide bonds. The fourth-order valence-corrected chi connectivity index (χ4v) is 1.04. The Morgan fingerprint density at radius 3 is 2.46 bits per heavy atom. The molecule has 0 aliphatic carbocycles. The molecular weight excluding hydrogens is 166 g/mol. The fourth-order valence-electron chi connectivity index (χ4n) is 1.04. The summed E-state index contributed by atoms with van der Waals surface area (Å²) >= 11 is 0. The van der Waals surface area contributed by atoms with Crippen molar-refractivity contribution in [2.45, 2.75) is 0 Å². The Morgan fingerprint density at radius 2 is 1.85 bits per heavy atom. The summed E-state index contributed by atoms with van der Waals surface area (Å²) in [4.78, 5) is 21.1. The highest BCUT2D eigenvalue weighted by molar-refractivity contribution is 5.59. The second kappa shape index (κ2) is 3.18. The lowest BCUT2D eigenvalue weighted by Gasteiger charge is -1.97. The van der Waals surface area contributed by atoms with E-state index in [0.717, 1.165) is 11.1 Å². The Hall–Kier alpha value is -1.97. The van der Waals surface area contributed by atoms with Gasteiger partial charge in [0.15, 0.2) is 0 Å². The zero-order valence-electron chi connectivity index (χ0n) is 6.77. The Bertz CT molecular complexity index is 429. The minimum absolute atomic E-state index is 0.111. The third-order valence-corrected chi connectivity index (χ3v) is 1.68. The fraction of sp³-hybridized carbons (Fsp3) is 0. The van der Waals surface area contributed by atoms with E-state index < -0.39 is 0 Å². The maximum Gasteiger partial charge on any atom is 0.247 e. The zero-order chi connectivity index (χ0) is 9.10. The van der Waals surface area contributed by atoms with Crippen LogP contribution in [-0.2, 0) is 0 Å². The molecule has 0 radical (unpaired) electrons. The van der Waals surface area contributed by atoms with E-state index >= 15 is 0 Å². The van der Waals surface area contributed by atoms with E-state index in [0.29, 0.717) is 0 Å². The van der Waals surface area contributed by atoms with Gasteiger partial charge in [-0.05, 0) is 6.07 Å². The molecule has 0 unspecified atom stereocenters. The minimum Gasteiger partial charge on any atom is -0.328 e. The summed E-state index contributed by atoms with van der Waals surface area (Å²) < 4.78 is 0. The number of aromatic amines is 1. The summed E-state index contributed by atoms with van der Waals surface area (Å²) in [6.45, 7) is 0. The molecule has 0 aliphatic rings. The van der Waals surface area contributed by atoms with Gasteiger partial charge in [-0.25, -0.2) is 9.97 Å². The van der Waals surface area contributed by atoms with E-state index in [1.54, 1.807) is 24.7 Å². The van der Waals surface area contributed by atoms with Crippen molar-refractivity contribution in [1.82, 2.24) is 15.0 Å². The van der Waals surface area contributed by atoms with E-state index in [1.807, 2.05) is 0 Å². The molecule has 2 aromatic heterocycles. The van der Waals surface area contributed by atoms with Crippen molar-refractivity contribution in [2.75, 3.05) is 0 Å². The van der Waals surface area contributed by atoms with Gasteiger partial charge in [0.05, 0.1) is 0 Å². The van der Waals surface area contributed by atoms with Gasteiger partial charge in [-0.15, -0.1) is 0 Å². The lowest BCUT2D eigenvalue weighted by atomic mass is 10.2. The summed E-state index contributed by atoms with van der Waals surface area (Å²) in [5.41, 5.74) is 1.68. The van der Waals surface area contributed by atoms with Crippen molar-refractivity contribution >= 4 is 0 Å². The molecule has 2 rings (SSSR count). The lowest BCUT2D eigenvalue weighted by molar-refractivity contribution is 1.16. The van der Waals surface area contributed by atoms with Crippen LogP contribution >= 0.6 is 0 Å². The molecule has 2 heterocycles. The van der Waals surface area contributed by atoms with Gasteiger partial charge in [-0.1, -0.05) is 0 Å². The van der Waals surface area contributed by atoms with Gasteiger partial charge in [0.1, 0.15) is 6.33 Å². The summed E-state index contributed by atoms with van der Waals surface area (Å²) in [6, 6.07) is 3.21. The van der Waals surface area contributed by atoms with Crippen molar-refractivity contribution in [3.8, 4) is 11.1 Å². The minimum atomic E-state index is -0.111. The summed E-state index contributed by atoms with van der Waals surface area (Å²) in [5, 5.41) is 0. The molecule has 64 valence electrons. The topological polar surface area (TPSA) is 58.6 Å². The second-order valence-electron chi connectivity index (χ2n) is 2.57. The van der Waals surface area contributed by atoms with Crippen molar-refractivity contribution in [1.29, 1.82) is 0 Å². The SMILES string of the molecule is O=c1ccc(-c2cncnc2)c[nH]1. The summed E-state index contributed by atoms with van der Waals surface area (Å²) in [6.07, 6.45) is 6.50. The molecular formula is C9H7N3O. The molecule has 13 heavy (non-hydrogen) atoms. The highest BCUT2D eigenvalue weighted by atomic mass is 16.1. The number of nitrogens with one attached hydrogen (secondary N) is 1. The van der Waals surface area contributed by atoms with Gasteiger partial charge in [0.25, 0.3) is 0 Å². The van der Waals surface area contributed by atoms with Crippen molar-refractivity contribution < 1.29 is 0 Å². The Morgan fingerprint density at radius 1 is 1.08 bits per heavy atom. The average molecular weight is 173 g/mol. The molecule has 1 N–H and O–H groups in total. The van der Waals surface area contributed by atoms with Gasteiger partial charge in [-0.2, -0.15) is 0 Å². The number of H-pyrrole nitrogens is 1. The van der Waals surface area contributed by atoms with E-state index in [1.165, 1.54) is 12.4 Å². The number of hydrogen-bond acceptors (Lipinski definition) is 3. The van der Waals surface area contributed by atoms with E-state index in [2.05, 4.69) is 15.0 Å². The van der Waals surface area contributed by atoms with E-state index in [4.69, 9.17) is 0 Å². The Kier molecular flexibility index (Phi) is 1.88. The van der Waals surface area contributed by atoms with Crippen LogP contribution in [0.4, 0.5) is 0 Å². The van der Waals surface area contributed by atoms with Crippen LogP contribution in [0, 0.1) is 0 Å². The molecule has 0 spiro atoms. The molecule has 0 bridgehead atoms. The van der Waals surface area contributed by atoms with Gasteiger partial charge >= 0.3 is 0 Å². The molecule has 0 aliphatic heterocycles. The number of nitrogens with zero attached hydrogens (tertiary/aromatic N) is 2. The van der Waals surface area contributed by atoms with Gasteiger partial charge < -0.3 is 4.98 Å². The third kappa shape index (κ3) is 1.61. The number of rotatable bonds is 1. The van der Waals surface area contributed by atoms with Crippen molar-refractivity contribution in [2.24, 2.45) is 0 Å². The van der Waals surface area contributed by atoms with Gasteiger partial charge in [-0.3, -0.25) is 4.79 Å². The number of hydrogen-bond donors (Lipinski definition) is 1. The Balaban J connectivity index is 2.48. The summed E-state index contributed by atoms with van der Waals surface area (Å²) in [5.74, 6) is 0. The van der Waals surface area contributed by atoms with Crippen LogP contribution in [0.1, 0.15) is 0 Å². The maximum absolute atomic E-state index is 10.8. The van der Waals surface area contributed by atoms with Crippen LogP contribution < -0.4 is 5.56 Å². The molecule has 0 aromatic carbocycles. The van der Waals surface area contributed by atoms with Crippen molar-refractivity contribution in [3.05, 3.63) is 47.4 Å². The first kappa shape index (κ1) is 7.67. The highest BCUT2D eigenvalue weighted by Gasteiger charge is 1.95. The van der Waals surface area contributed by atoms with Gasteiger partial charge in [0.2, 0.25) is 5.56 Å². The molecule has 0 saturated carbocycles. The average Bonchev–Trinajstić information content (AvgIpc) is 2.20. The number of pyridine rings is 1. The largest absolute Gasteiger partial charge is 0.328 e. The molecule has 4 heteroatoms. The second-order valence-corrected chi connectivity index (χ2v) is 2.57. The van der Waals surface area contributed by atoms with Crippen LogP contribution in [-0.4, -0.2) is 15.0 Å². The molecule has 4 nitrogen and oxygen atoms in total. The van der Waals surface area contributed by atoms with Crippen LogP contribution in [0.3, 0.4) is 0 Å². The maximum atomic E-state index is 10.8. The third-order valence-electron chi connectivity index (χ3n) is 1.68. The monoisotopic (exact) mass is 173 g/mol. The molecule has 2 aromatic rings. The van der Waals surface area contributed by atoms with Gasteiger partial charge in [0, 0.05) is 35.8 Å². The first-order valence-corrected chi connectivity index (χ1v) is 3.80. The first-order valence-electron chi connectivity index (χ1n) is 3.80. The predicted octanol–water partition coefficient (Wildman–Crippen LogP) is 0.832. The van der Waals surface area contributed by atoms with Crippen LogP contribution in [0.5, 0.6) is 0 Å². The number of aromatic nitrogens is 3. The van der Waals surface area contributed by atoms with Crippen LogP contribution in [0.2, 0.25) is 0 Å². The highest BCUT2D eigenvalue weighted by Crippen LogP contribution is 2.12. The summed E-state index contributed by atoms with van der Waals surface area (Å²) in [7, 11) is 0. The predicted molar refractivity (Wildman–Crippen MR) is 48.1 cm³/mol. The van der Waals surface area contributed by atoms with E-state index in [-0.39, 0.29) is 5.56 Å². The molecule has 0 saturated heterocycles. The molecule has 0 atom stereocenters. The lowest BCUT2D eigenvalue weighted by Crippen LogP contribution is -2.01. The van der Waals surface area contributed by atoms with E-state index in [9.17, 15) is 4.79 Å². The Labute approximate surface area is 74.3 Å². The molecule has 0 fully saturated rings. The van der Waals surface area contributed by atoms with Crippen LogP contribution in [0.25, 0.3) is 11.1 Å². The standard InChI is InChI=1S/C9H7N3O/c13-9-2-1-7(5-12-9)8-3-10-6-11-4-8/h1-6H,(H,12,13). The quantitative estimate of drug-likeness (QED) is 0.694. The van der Waals surface area contributed by atoms with Crippen LogP contribution in [0.15, 0.2) is 41.8 Å². The smallest absolute Gasteiger partial charge is 0.247 e. The zero-order valence-corrected chi connectivity index (χ0v) is 6.77. The van der Waals surface area contributed by atoms with Crippen molar-refractivity contribution in [3.63, 3.8) is 0 Å². The first-order chi connectivity index (χ1) is 6.36. The normalized spacial score (nSPS) is 9.85.